The Balaban J connectivity index is 1.83. The number of hydrogen-bond donors (Lipinski definition) is 2. The van der Waals surface area contributed by atoms with Crippen LogP contribution in [-0.2, 0) is 4.79 Å². The second-order valence-corrected chi connectivity index (χ2v) is 4.90. The van der Waals surface area contributed by atoms with Gasteiger partial charge in [-0.1, -0.05) is 36.9 Å². The van der Waals surface area contributed by atoms with Crippen LogP contribution >= 0.6 is 11.6 Å². The average molecular weight is 253 g/mol. The number of nitrogens with one attached hydrogen (secondary N) is 2. The van der Waals surface area contributed by atoms with E-state index in [1.165, 1.54) is 6.42 Å². The van der Waals surface area contributed by atoms with Crippen LogP contribution in [0, 0.1) is 5.92 Å². The molecule has 0 aromatic heterocycles. The third kappa shape index (κ3) is 3.63. The van der Waals surface area contributed by atoms with Crippen LogP contribution in [0.2, 0.25) is 5.02 Å². The standard InChI is InChI=1S/C13H17ClN2O/c14-11-7-4-8-12(9-11)15-16-13(17)10-5-2-1-3-6-10/h4,7-10,15H,1-3,5-6H2,(H,16,17). The highest BCUT2D eigenvalue weighted by Gasteiger charge is 2.20. The lowest BCUT2D eigenvalue weighted by atomic mass is 9.89. The van der Waals surface area contributed by atoms with Crippen LogP contribution in [0.3, 0.4) is 0 Å². The first-order valence-corrected chi connectivity index (χ1v) is 6.45. The Labute approximate surface area is 107 Å². The van der Waals surface area contributed by atoms with Gasteiger partial charge in [-0.15, -0.1) is 0 Å². The molecule has 0 atom stereocenters. The first kappa shape index (κ1) is 12.2. The molecule has 0 aliphatic heterocycles. The first-order valence-electron chi connectivity index (χ1n) is 6.07. The summed E-state index contributed by atoms with van der Waals surface area (Å²) in [7, 11) is 0. The molecular weight excluding hydrogens is 236 g/mol. The van der Waals surface area contributed by atoms with Crippen molar-refractivity contribution in [2.24, 2.45) is 5.92 Å². The molecule has 0 bridgehead atoms. The fourth-order valence-electron chi connectivity index (χ4n) is 2.17. The van der Waals surface area contributed by atoms with Crippen LogP contribution in [-0.4, -0.2) is 5.91 Å². The van der Waals surface area contributed by atoms with Gasteiger partial charge in [0.1, 0.15) is 0 Å². The molecule has 1 aliphatic rings. The Hall–Kier alpha value is -1.22. The van der Waals surface area contributed by atoms with Crippen LogP contribution in [0.15, 0.2) is 24.3 Å². The summed E-state index contributed by atoms with van der Waals surface area (Å²) in [5, 5.41) is 0.655. The third-order valence-corrected chi connectivity index (χ3v) is 3.37. The van der Waals surface area contributed by atoms with E-state index in [4.69, 9.17) is 11.6 Å². The zero-order chi connectivity index (χ0) is 12.1. The molecule has 1 aromatic rings. The smallest absolute Gasteiger partial charge is 0.241 e. The lowest BCUT2D eigenvalue weighted by molar-refractivity contribution is -0.125. The van der Waals surface area contributed by atoms with Gasteiger partial charge in [-0.2, -0.15) is 0 Å². The molecule has 1 aromatic carbocycles. The van der Waals surface area contributed by atoms with E-state index in [2.05, 4.69) is 10.9 Å². The summed E-state index contributed by atoms with van der Waals surface area (Å²) in [5.74, 6) is 0.250. The number of hydrogen-bond acceptors (Lipinski definition) is 2. The van der Waals surface area contributed by atoms with Gasteiger partial charge in [0, 0.05) is 10.9 Å². The molecule has 2 rings (SSSR count). The molecular formula is C13H17ClN2O. The van der Waals surface area contributed by atoms with Crippen LogP contribution in [0.25, 0.3) is 0 Å². The molecule has 0 spiro atoms. The van der Waals surface area contributed by atoms with Crippen molar-refractivity contribution in [3.05, 3.63) is 29.3 Å². The van der Waals surface area contributed by atoms with E-state index in [0.29, 0.717) is 5.02 Å². The molecule has 1 amide bonds. The highest BCUT2D eigenvalue weighted by atomic mass is 35.5. The minimum atomic E-state index is 0.0877. The van der Waals surface area contributed by atoms with Crippen LogP contribution in [0.5, 0.6) is 0 Å². The monoisotopic (exact) mass is 252 g/mol. The van der Waals surface area contributed by atoms with Crippen LogP contribution in [0.4, 0.5) is 5.69 Å². The average Bonchev–Trinajstić information content (AvgIpc) is 2.37. The number of hydrazine groups is 1. The van der Waals surface area contributed by atoms with Crippen molar-refractivity contribution in [1.29, 1.82) is 0 Å². The highest BCUT2D eigenvalue weighted by Crippen LogP contribution is 2.23. The van der Waals surface area contributed by atoms with Gasteiger partial charge < -0.3 is 0 Å². The number of rotatable bonds is 3. The molecule has 2 N–H and O–H groups in total. The van der Waals surface area contributed by atoms with Crippen molar-refractivity contribution in [2.75, 3.05) is 5.43 Å². The molecule has 1 aliphatic carbocycles. The van der Waals surface area contributed by atoms with E-state index in [1.54, 1.807) is 12.1 Å². The van der Waals surface area contributed by atoms with Gasteiger partial charge in [-0.05, 0) is 31.0 Å². The second-order valence-electron chi connectivity index (χ2n) is 4.46. The van der Waals surface area contributed by atoms with Crippen molar-refractivity contribution in [3.63, 3.8) is 0 Å². The number of carbonyl (C=O) groups is 1. The first-order chi connectivity index (χ1) is 8.25. The summed E-state index contributed by atoms with van der Waals surface area (Å²) >= 11 is 5.86. The van der Waals surface area contributed by atoms with E-state index in [0.717, 1.165) is 31.4 Å². The molecule has 3 nitrogen and oxygen atoms in total. The maximum Gasteiger partial charge on any atom is 0.241 e. The minimum Gasteiger partial charge on any atom is -0.299 e. The van der Waals surface area contributed by atoms with Crippen molar-refractivity contribution in [1.82, 2.24) is 5.43 Å². The summed E-state index contributed by atoms with van der Waals surface area (Å²) in [6.07, 6.45) is 5.59. The summed E-state index contributed by atoms with van der Waals surface area (Å²) in [6.45, 7) is 0. The Morgan fingerprint density at radius 2 is 2.00 bits per heavy atom. The molecule has 1 saturated carbocycles. The topological polar surface area (TPSA) is 41.1 Å². The molecule has 0 unspecified atom stereocenters. The maximum atomic E-state index is 11.8. The zero-order valence-electron chi connectivity index (χ0n) is 9.71. The van der Waals surface area contributed by atoms with E-state index in [1.807, 2.05) is 12.1 Å². The normalized spacial score (nSPS) is 16.5. The van der Waals surface area contributed by atoms with E-state index < -0.39 is 0 Å². The second kappa shape index (κ2) is 5.92. The molecule has 92 valence electrons. The predicted octanol–water partition coefficient (Wildman–Crippen LogP) is 3.36. The fourth-order valence-corrected chi connectivity index (χ4v) is 2.36. The summed E-state index contributed by atoms with van der Waals surface area (Å²) < 4.78 is 0. The van der Waals surface area contributed by atoms with Gasteiger partial charge in [-0.25, -0.2) is 0 Å². The molecule has 4 heteroatoms. The number of carbonyl (C=O) groups excluding carboxylic acids is 1. The van der Waals surface area contributed by atoms with Crippen molar-refractivity contribution in [2.45, 2.75) is 32.1 Å². The van der Waals surface area contributed by atoms with E-state index >= 15 is 0 Å². The predicted molar refractivity (Wildman–Crippen MR) is 69.8 cm³/mol. The van der Waals surface area contributed by atoms with Gasteiger partial charge in [-0.3, -0.25) is 15.6 Å². The number of benzene rings is 1. The van der Waals surface area contributed by atoms with Crippen LogP contribution in [0.1, 0.15) is 32.1 Å². The van der Waals surface area contributed by atoms with Crippen LogP contribution < -0.4 is 10.9 Å². The Bertz CT molecular complexity index is 389. The summed E-state index contributed by atoms with van der Waals surface area (Å²) in [5.41, 5.74) is 6.45. The molecule has 0 saturated heterocycles. The largest absolute Gasteiger partial charge is 0.299 e. The van der Waals surface area contributed by atoms with E-state index in [-0.39, 0.29) is 11.8 Å². The third-order valence-electron chi connectivity index (χ3n) is 3.13. The summed E-state index contributed by atoms with van der Waals surface area (Å²) in [6, 6.07) is 7.29. The SMILES string of the molecule is O=C(NNc1cccc(Cl)c1)C1CCCCC1. The quantitative estimate of drug-likeness (QED) is 0.810. The van der Waals surface area contributed by atoms with Gasteiger partial charge in [0.05, 0.1) is 5.69 Å². The molecule has 1 fully saturated rings. The van der Waals surface area contributed by atoms with Gasteiger partial charge in [0.2, 0.25) is 5.91 Å². The Kier molecular flexibility index (Phi) is 4.26. The van der Waals surface area contributed by atoms with Crippen molar-refractivity contribution in [3.8, 4) is 0 Å². The number of anilines is 1. The molecule has 0 heterocycles. The zero-order valence-corrected chi connectivity index (χ0v) is 10.5. The lowest BCUT2D eigenvalue weighted by Gasteiger charge is -2.21. The van der Waals surface area contributed by atoms with Crippen molar-refractivity contribution < 1.29 is 4.79 Å². The molecule has 17 heavy (non-hydrogen) atoms. The molecule has 0 radical (unpaired) electrons. The van der Waals surface area contributed by atoms with Gasteiger partial charge in [0.15, 0.2) is 0 Å². The van der Waals surface area contributed by atoms with Gasteiger partial charge >= 0.3 is 0 Å². The Morgan fingerprint density at radius 3 is 2.71 bits per heavy atom. The van der Waals surface area contributed by atoms with E-state index in [9.17, 15) is 4.79 Å². The number of amides is 1. The lowest BCUT2D eigenvalue weighted by Crippen LogP contribution is -2.35. The minimum absolute atomic E-state index is 0.0877. The number of halogens is 1. The highest BCUT2D eigenvalue weighted by molar-refractivity contribution is 6.30. The van der Waals surface area contributed by atoms with Crippen molar-refractivity contribution >= 4 is 23.2 Å². The maximum absolute atomic E-state index is 11.8. The Morgan fingerprint density at radius 1 is 1.24 bits per heavy atom. The fraction of sp³-hybridized carbons (Fsp3) is 0.462. The van der Waals surface area contributed by atoms with Gasteiger partial charge in [0.25, 0.3) is 0 Å². The summed E-state index contributed by atoms with van der Waals surface area (Å²) in [4.78, 5) is 11.8.